The zero-order chi connectivity index (χ0) is 10.3. The van der Waals surface area contributed by atoms with Crippen LogP contribution in [-0.2, 0) is 4.79 Å². The lowest BCUT2D eigenvalue weighted by atomic mass is 9.78. The maximum absolute atomic E-state index is 11.5. The molecule has 0 unspecified atom stereocenters. The highest BCUT2D eigenvalue weighted by Crippen LogP contribution is 2.47. The molecule has 0 spiro atoms. The van der Waals surface area contributed by atoms with Crippen molar-refractivity contribution in [1.82, 2.24) is 0 Å². The molecule has 80 valence electrons. The van der Waals surface area contributed by atoms with E-state index >= 15 is 0 Å². The predicted molar refractivity (Wildman–Crippen MR) is 54.9 cm³/mol. The van der Waals surface area contributed by atoms with Crippen molar-refractivity contribution in [3.05, 3.63) is 0 Å². The van der Waals surface area contributed by atoms with Crippen molar-refractivity contribution < 1.29 is 9.90 Å². The predicted octanol–water partition coefficient (Wildman–Crippen LogP) is 2.15. The SMILES string of the molecule is C[C@H]1CC[C@H]2[C@H]1CC(=O)CC[C@@]2(C)O. The Morgan fingerprint density at radius 1 is 1.43 bits per heavy atom. The molecule has 0 bridgehead atoms. The Bertz CT molecular complexity index is 245. The molecule has 2 fully saturated rings. The van der Waals surface area contributed by atoms with Crippen molar-refractivity contribution in [1.29, 1.82) is 0 Å². The minimum absolute atomic E-state index is 0.353. The summed E-state index contributed by atoms with van der Waals surface area (Å²) >= 11 is 0. The second-order valence-corrected chi connectivity index (χ2v) is 5.42. The van der Waals surface area contributed by atoms with Gasteiger partial charge in [0.1, 0.15) is 5.78 Å². The molecule has 0 amide bonds. The van der Waals surface area contributed by atoms with E-state index in [1.54, 1.807) is 0 Å². The Kier molecular flexibility index (Phi) is 2.42. The first kappa shape index (κ1) is 10.2. The van der Waals surface area contributed by atoms with Crippen LogP contribution >= 0.6 is 0 Å². The van der Waals surface area contributed by atoms with Crippen molar-refractivity contribution in [2.24, 2.45) is 17.8 Å². The minimum atomic E-state index is -0.596. The van der Waals surface area contributed by atoms with E-state index < -0.39 is 5.60 Å². The highest BCUT2D eigenvalue weighted by Gasteiger charge is 2.46. The molecule has 2 rings (SSSR count). The van der Waals surface area contributed by atoms with Crippen LogP contribution in [0.15, 0.2) is 0 Å². The summed E-state index contributed by atoms with van der Waals surface area (Å²) in [6, 6.07) is 0. The summed E-state index contributed by atoms with van der Waals surface area (Å²) in [5.41, 5.74) is -0.596. The minimum Gasteiger partial charge on any atom is -0.390 e. The molecule has 1 N–H and O–H groups in total. The Morgan fingerprint density at radius 3 is 2.86 bits per heavy atom. The van der Waals surface area contributed by atoms with Crippen LogP contribution in [0, 0.1) is 17.8 Å². The third kappa shape index (κ3) is 1.60. The average Bonchev–Trinajstić information content (AvgIpc) is 2.40. The number of rotatable bonds is 0. The van der Waals surface area contributed by atoms with Crippen LogP contribution in [0.4, 0.5) is 0 Å². The molecule has 4 atom stereocenters. The fourth-order valence-electron chi connectivity index (χ4n) is 3.33. The number of hydrogen-bond donors (Lipinski definition) is 1. The van der Waals surface area contributed by atoms with Gasteiger partial charge >= 0.3 is 0 Å². The lowest BCUT2D eigenvalue weighted by Crippen LogP contribution is -2.36. The van der Waals surface area contributed by atoms with E-state index in [2.05, 4.69) is 6.92 Å². The van der Waals surface area contributed by atoms with Gasteiger partial charge in [0.25, 0.3) is 0 Å². The van der Waals surface area contributed by atoms with Crippen LogP contribution in [0.3, 0.4) is 0 Å². The van der Waals surface area contributed by atoms with Crippen molar-refractivity contribution in [3.63, 3.8) is 0 Å². The molecule has 0 aliphatic heterocycles. The first-order chi connectivity index (χ1) is 6.50. The molecule has 0 aromatic carbocycles. The first-order valence-corrected chi connectivity index (χ1v) is 5.75. The quantitative estimate of drug-likeness (QED) is 0.644. The molecule has 0 aromatic heterocycles. The van der Waals surface area contributed by atoms with Crippen molar-refractivity contribution >= 4 is 5.78 Å². The van der Waals surface area contributed by atoms with Gasteiger partial charge in [0.15, 0.2) is 0 Å². The normalized spacial score (nSPS) is 48.8. The van der Waals surface area contributed by atoms with E-state index in [0.29, 0.717) is 42.8 Å². The Balaban J connectivity index is 2.24. The number of hydrogen-bond acceptors (Lipinski definition) is 2. The number of ketones is 1. The first-order valence-electron chi connectivity index (χ1n) is 5.75. The van der Waals surface area contributed by atoms with E-state index in [-0.39, 0.29) is 0 Å². The number of Topliss-reactive ketones (excluding diaryl/α,β-unsaturated/α-hetero) is 1. The molecule has 2 aliphatic rings. The number of carbonyl (C=O) groups is 1. The van der Waals surface area contributed by atoms with Gasteiger partial charge in [0, 0.05) is 12.8 Å². The molecule has 2 heteroatoms. The van der Waals surface area contributed by atoms with Gasteiger partial charge in [0.2, 0.25) is 0 Å². The van der Waals surface area contributed by atoms with E-state index in [0.717, 1.165) is 6.42 Å². The molecular weight excluding hydrogens is 176 g/mol. The Hall–Kier alpha value is -0.370. The third-order valence-electron chi connectivity index (χ3n) is 4.35. The Labute approximate surface area is 85.7 Å². The second-order valence-electron chi connectivity index (χ2n) is 5.42. The molecular formula is C12H20O2. The molecule has 2 saturated carbocycles. The second kappa shape index (κ2) is 3.34. The average molecular weight is 196 g/mol. The summed E-state index contributed by atoms with van der Waals surface area (Å²) < 4.78 is 0. The van der Waals surface area contributed by atoms with Crippen LogP contribution in [0.1, 0.15) is 46.0 Å². The fourth-order valence-corrected chi connectivity index (χ4v) is 3.33. The number of aliphatic hydroxyl groups is 1. The summed E-state index contributed by atoms with van der Waals surface area (Å²) in [7, 11) is 0. The van der Waals surface area contributed by atoms with Gasteiger partial charge in [-0.05, 0) is 37.5 Å². The summed E-state index contributed by atoms with van der Waals surface area (Å²) in [6.07, 6.45) is 4.24. The number of fused-ring (bicyclic) bond motifs is 1. The lowest BCUT2D eigenvalue weighted by molar-refractivity contribution is -0.120. The van der Waals surface area contributed by atoms with E-state index in [1.165, 1.54) is 6.42 Å². The van der Waals surface area contributed by atoms with Crippen LogP contribution in [0.5, 0.6) is 0 Å². The van der Waals surface area contributed by atoms with Gasteiger partial charge < -0.3 is 5.11 Å². The molecule has 0 heterocycles. The van der Waals surface area contributed by atoms with Gasteiger partial charge in [-0.2, -0.15) is 0 Å². The summed E-state index contributed by atoms with van der Waals surface area (Å²) in [5.74, 6) is 1.78. The molecule has 2 aliphatic carbocycles. The van der Waals surface area contributed by atoms with Gasteiger partial charge in [-0.3, -0.25) is 4.79 Å². The van der Waals surface area contributed by atoms with Gasteiger partial charge in [-0.25, -0.2) is 0 Å². The van der Waals surface area contributed by atoms with E-state index in [4.69, 9.17) is 0 Å². The van der Waals surface area contributed by atoms with E-state index in [1.807, 2.05) is 6.92 Å². The van der Waals surface area contributed by atoms with Crippen molar-refractivity contribution in [2.45, 2.75) is 51.6 Å². The third-order valence-corrected chi connectivity index (χ3v) is 4.35. The van der Waals surface area contributed by atoms with Crippen LogP contribution < -0.4 is 0 Å². The molecule has 0 saturated heterocycles. The van der Waals surface area contributed by atoms with E-state index in [9.17, 15) is 9.90 Å². The standard InChI is InChI=1S/C12H20O2/c1-8-3-4-11-10(8)7-9(13)5-6-12(11,2)14/h8,10-11,14H,3-7H2,1-2H3/t8-,10-,11-,12+/m0/s1. The number of carbonyl (C=O) groups excluding carboxylic acids is 1. The maximum atomic E-state index is 11.5. The topological polar surface area (TPSA) is 37.3 Å². The molecule has 2 nitrogen and oxygen atoms in total. The highest BCUT2D eigenvalue weighted by atomic mass is 16.3. The van der Waals surface area contributed by atoms with Gasteiger partial charge in [0.05, 0.1) is 5.60 Å². The molecule has 0 radical (unpaired) electrons. The zero-order valence-electron chi connectivity index (χ0n) is 9.12. The summed E-state index contributed by atoms with van der Waals surface area (Å²) in [6.45, 7) is 4.14. The van der Waals surface area contributed by atoms with Gasteiger partial charge in [-0.1, -0.05) is 13.3 Å². The van der Waals surface area contributed by atoms with Crippen molar-refractivity contribution in [2.75, 3.05) is 0 Å². The maximum Gasteiger partial charge on any atom is 0.133 e. The summed E-state index contributed by atoms with van der Waals surface area (Å²) in [4.78, 5) is 11.5. The van der Waals surface area contributed by atoms with Crippen LogP contribution in [0.2, 0.25) is 0 Å². The smallest absolute Gasteiger partial charge is 0.133 e. The summed E-state index contributed by atoms with van der Waals surface area (Å²) in [5, 5.41) is 10.3. The molecule has 14 heavy (non-hydrogen) atoms. The van der Waals surface area contributed by atoms with Crippen molar-refractivity contribution in [3.8, 4) is 0 Å². The Morgan fingerprint density at radius 2 is 2.14 bits per heavy atom. The fraction of sp³-hybridized carbons (Fsp3) is 0.917. The van der Waals surface area contributed by atoms with Crippen LogP contribution in [0.25, 0.3) is 0 Å². The largest absolute Gasteiger partial charge is 0.390 e. The zero-order valence-corrected chi connectivity index (χ0v) is 9.12. The van der Waals surface area contributed by atoms with Gasteiger partial charge in [-0.15, -0.1) is 0 Å². The highest BCUT2D eigenvalue weighted by molar-refractivity contribution is 5.79. The van der Waals surface area contributed by atoms with Crippen LogP contribution in [-0.4, -0.2) is 16.5 Å². The lowest BCUT2D eigenvalue weighted by Gasteiger charge is -2.32. The molecule has 0 aromatic rings. The monoisotopic (exact) mass is 196 g/mol.